The molecule has 3 amide bonds. The third-order valence-electron chi connectivity index (χ3n) is 18.7. The van der Waals surface area contributed by atoms with Crippen molar-refractivity contribution >= 4 is 35.6 Å². The highest BCUT2D eigenvalue weighted by Crippen LogP contribution is 2.42. The highest BCUT2D eigenvalue weighted by Gasteiger charge is 2.55. The molecule has 17 heteroatoms. The molecule has 4 aliphatic heterocycles. The second kappa shape index (κ2) is 20.5. The predicted molar refractivity (Wildman–Crippen MR) is 295 cm³/mol. The molecular weight excluding hydrogens is 917 g/mol. The number of hydrogen-bond donors (Lipinski definition) is 2. The molecule has 5 heterocycles. The minimum Gasteiger partial charge on any atom is -0.313 e. The molecule has 0 radical (unpaired) electrons. The van der Waals surface area contributed by atoms with Crippen molar-refractivity contribution < 1.29 is 14.4 Å². The molecule has 0 unspecified atom stereocenters. The number of nitrogens with zero attached hydrogens (tertiary/aromatic N) is 12. The summed E-state index contributed by atoms with van der Waals surface area (Å²) in [6, 6.07) is -0.0880. The fourth-order valence-corrected chi connectivity index (χ4v) is 13.5. The summed E-state index contributed by atoms with van der Waals surface area (Å²) in [7, 11) is 6.15. The van der Waals surface area contributed by atoms with Crippen LogP contribution in [0.4, 0.5) is 17.8 Å². The van der Waals surface area contributed by atoms with Crippen LogP contribution in [0.5, 0.6) is 0 Å². The van der Waals surface area contributed by atoms with E-state index in [1.54, 1.807) is 0 Å². The molecule has 0 bridgehead atoms. The van der Waals surface area contributed by atoms with Gasteiger partial charge < -0.3 is 10.6 Å². The van der Waals surface area contributed by atoms with E-state index in [1.807, 2.05) is 56.6 Å². The zero-order chi connectivity index (χ0) is 54.1. The van der Waals surface area contributed by atoms with Gasteiger partial charge in [-0.25, -0.2) is 30.1 Å². The van der Waals surface area contributed by atoms with Gasteiger partial charge in [-0.3, -0.25) is 29.1 Å². The maximum atomic E-state index is 15.1. The minimum absolute atomic E-state index is 0.00201. The minimum atomic E-state index is -0.803. The van der Waals surface area contributed by atoms with Crippen molar-refractivity contribution in [3.8, 4) is 0 Å². The van der Waals surface area contributed by atoms with Gasteiger partial charge in [0.15, 0.2) is 0 Å². The van der Waals surface area contributed by atoms with Gasteiger partial charge in [0.1, 0.15) is 0 Å². The lowest BCUT2D eigenvalue weighted by Crippen LogP contribution is -2.74. The van der Waals surface area contributed by atoms with Crippen molar-refractivity contribution in [2.24, 2.45) is 0 Å². The first-order chi connectivity index (χ1) is 33.7. The highest BCUT2D eigenvalue weighted by molar-refractivity contribution is 5.89. The Balaban J connectivity index is 0.000000697. The van der Waals surface area contributed by atoms with Crippen molar-refractivity contribution in [2.75, 3.05) is 68.9 Å². The van der Waals surface area contributed by atoms with E-state index in [-0.39, 0.29) is 63.5 Å². The van der Waals surface area contributed by atoms with E-state index in [0.717, 1.165) is 109 Å². The smallest absolute Gasteiger partial charge is 0.261 e. The molecule has 8 rings (SSSR count). The molecular formula is C56H102N14O3. The monoisotopic (exact) mass is 1020 g/mol. The number of rotatable bonds is 9. The molecule has 3 saturated carbocycles. The normalized spacial score (nSPS) is 27.8. The van der Waals surface area contributed by atoms with Crippen LogP contribution in [0.2, 0.25) is 0 Å². The average molecular weight is 1020 g/mol. The first-order valence-corrected chi connectivity index (χ1v) is 28.5. The van der Waals surface area contributed by atoms with Gasteiger partial charge in [-0.15, -0.1) is 0 Å². The van der Waals surface area contributed by atoms with E-state index >= 15 is 14.4 Å². The van der Waals surface area contributed by atoms with E-state index in [1.165, 1.54) is 0 Å². The van der Waals surface area contributed by atoms with Gasteiger partial charge in [-0.1, -0.05) is 57.8 Å². The first-order valence-electron chi connectivity index (χ1n) is 28.5. The topological polar surface area (TPSA) is 143 Å². The SMILES string of the molecule is CC1(C)CNCC(C)(C)N1.CN1C(C)(C)CN(N(c2nc(N(C3CCCCC3)N3CC(C)(C)N(C)C(C)(C)C3=O)nc(N(C3CCCCC3)N3CC(C)(C)N(C)C(C)(C)C3=O)n2)C2CCCCC2)C(=O)C1(C)C. The number of carbonyl (C=O) groups is 3. The number of amides is 3. The summed E-state index contributed by atoms with van der Waals surface area (Å²) < 4.78 is 0. The summed E-state index contributed by atoms with van der Waals surface area (Å²) in [5.74, 6) is 1.24. The third kappa shape index (κ3) is 11.4. The Morgan fingerprint density at radius 3 is 0.836 bits per heavy atom. The number of piperazine rings is 4. The number of hydrazine groups is 3. The van der Waals surface area contributed by atoms with E-state index in [2.05, 4.69) is 131 Å². The zero-order valence-electron chi connectivity index (χ0n) is 49.5. The molecule has 7 fully saturated rings. The standard InChI is InChI=1S/C48H84N12O3.C8H18N2/c1-43(2)31-55(37(61)46(7,8)52(43)13)58(34-25-19-16-20-26-34)40-49-41(59(35-27-21-17-22-28-35)56-32-44(3,4)53(14)47(9,10)38(56)62)51-42(50-40)60(36-29-23-18-24-30-36)57-33-45(5,6)54(15)48(11,12)39(57)63;1-7(2)5-9-6-8(3,4)10-7/h34-36H,16-33H2,1-15H3;9-10H,5-6H2,1-4H3. The molecule has 2 N–H and O–H groups in total. The molecule has 1 aromatic rings. The van der Waals surface area contributed by atoms with Gasteiger partial charge in [-0.05, 0) is 170 Å². The second-order valence-corrected chi connectivity index (χ2v) is 28.0. The van der Waals surface area contributed by atoms with Gasteiger partial charge in [0.25, 0.3) is 35.6 Å². The van der Waals surface area contributed by atoms with Crippen LogP contribution in [0, 0.1) is 0 Å². The Hall–Kier alpha value is -3.38. The van der Waals surface area contributed by atoms with E-state index < -0.39 is 16.6 Å². The van der Waals surface area contributed by atoms with Crippen molar-refractivity contribution in [1.29, 1.82) is 0 Å². The van der Waals surface area contributed by atoms with Crippen LogP contribution in [-0.2, 0) is 14.4 Å². The van der Waals surface area contributed by atoms with Gasteiger partial charge in [0.2, 0.25) is 0 Å². The number of anilines is 3. The van der Waals surface area contributed by atoms with Crippen molar-refractivity contribution in [3.05, 3.63) is 0 Å². The first kappa shape index (κ1) is 57.3. The zero-order valence-corrected chi connectivity index (χ0v) is 49.5. The van der Waals surface area contributed by atoms with Gasteiger partial charge in [-0.2, -0.15) is 15.0 Å². The van der Waals surface area contributed by atoms with Crippen LogP contribution in [0.1, 0.15) is 207 Å². The quantitative estimate of drug-likeness (QED) is 0.249. The predicted octanol–water partition coefficient (Wildman–Crippen LogP) is 7.76. The molecule has 7 aliphatic rings. The summed E-state index contributed by atoms with van der Waals surface area (Å²) >= 11 is 0. The van der Waals surface area contributed by atoms with Gasteiger partial charge >= 0.3 is 0 Å². The van der Waals surface area contributed by atoms with Crippen molar-refractivity contribution in [2.45, 2.75) is 270 Å². The molecule has 0 atom stereocenters. The number of hydrogen-bond acceptors (Lipinski definition) is 14. The Kier molecular flexibility index (Phi) is 16.1. The molecule has 73 heavy (non-hydrogen) atoms. The Labute approximate surface area is 442 Å². The van der Waals surface area contributed by atoms with Crippen LogP contribution in [-0.4, -0.2) is 179 Å². The van der Waals surface area contributed by atoms with E-state index in [9.17, 15) is 0 Å². The third-order valence-corrected chi connectivity index (χ3v) is 18.7. The summed E-state index contributed by atoms with van der Waals surface area (Å²) in [4.78, 5) is 68.6. The highest BCUT2D eigenvalue weighted by atomic mass is 16.2. The van der Waals surface area contributed by atoms with Crippen LogP contribution in [0.15, 0.2) is 0 Å². The van der Waals surface area contributed by atoms with Crippen LogP contribution < -0.4 is 25.7 Å². The maximum absolute atomic E-state index is 15.1. The Morgan fingerprint density at radius 2 is 0.630 bits per heavy atom. The lowest BCUT2D eigenvalue weighted by atomic mass is 9.88. The molecule has 4 saturated heterocycles. The molecule has 0 aromatic carbocycles. The van der Waals surface area contributed by atoms with E-state index in [0.29, 0.717) is 37.5 Å². The maximum Gasteiger partial charge on any atom is 0.261 e. The number of likely N-dealkylation sites (N-methyl/N-ethyl adjacent to an activating group) is 3. The molecule has 17 nitrogen and oxygen atoms in total. The summed E-state index contributed by atoms with van der Waals surface area (Å²) in [5.41, 5.74) is -2.99. The van der Waals surface area contributed by atoms with E-state index in [4.69, 9.17) is 15.0 Å². The fourth-order valence-electron chi connectivity index (χ4n) is 13.5. The fraction of sp³-hybridized carbons (Fsp3) is 0.893. The molecule has 0 spiro atoms. The summed E-state index contributed by atoms with van der Waals surface area (Å²) in [5, 5.41) is 19.3. The summed E-state index contributed by atoms with van der Waals surface area (Å²) in [6.45, 7) is 37.8. The molecule has 1 aromatic heterocycles. The second-order valence-electron chi connectivity index (χ2n) is 28.0. The number of aromatic nitrogens is 3. The number of nitrogens with one attached hydrogen (secondary N) is 2. The summed E-state index contributed by atoms with van der Waals surface area (Å²) in [6.07, 6.45) is 15.1. The lowest BCUT2D eigenvalue weighted by molar-refractivity contribution is -0.159. The Morgan fingerprint density at radius 1 is 0.397 bits per heavy atom. The Bertz CT molecular complexity index is 1900. The van der Waals surface area contributed by atoms with Crippen LogP contribution in [0.3, 0.4) is 0 Å². The van der Waals surface area contributed by atoms with Crippen LogP contribution >= 0.6 is 0 Å². The molecule has 3 aliphatic carbocycles. The van der Waals surface area contributed by atoms with Gasteiger partial charge in [0.05, 0.1) is 54.4 Å². The van der Waals surface area contributed by atoms with Crippen molar-refractivity contribution in [3.63, 3.8) is 0 Å². The van der Waals surface area contributed by atoms with Crippen molar-refractivity contribution in [1.82, 2.24) is 55.3 Å². The lowest BCUT2D eigenvalue weighted by Gasteiger charge is -2.58. The number of carbonyl (C=O) groups excluding carboxylic acids is 3. The van der Waals surface area contributed by atoms with Crippen LogP contribution in [0.25, 0.3) is 0 Å². The molecule has 414 valence electrons. The van der Waals surface area contributed by atoms with Gasteiger partial charge in [0, 0.05) is 40.8 Å². The largest absolute Gasteiger partial charge is 0.313 e. The average Bonchev–Trinajstić information content (AvgIpc) is 3.31.